The van der Waals surface area contributed by atoms with Gasteiger partial charge in [0.25, 0.3) is 0 Å². The smallest absolute Gasteiger partial charge is 1.00 e. The quantitative estimate of drug-likeness (QED) is 0.464. The summed E-state index contributed by atoms with van der Waals surface area (Å²) in [5.41, 5.74) is 0. The monoisotopic (exact) mass is 295 g/mol. The van der Waals surface area contributed by atoms with Gasteiger partial charge in [-0.2, -0.15) is 12.2 Å². The summed E-state index contributed by atoms with van der Waals surface area (Å²) >= 11 is 0. The molecule has 0 amide bonds. The minimum absolute atomic E-state index is 0. The minimum Gasteiger partial charge on any atom is -1.00 e. The molecule has 0 saturated heterocycles. The van der Waals surface area contributed by atoms with E-state index >= 15 is 0 Å². The zero-order valence-corrected chi connectivity index (χ0v) is 13.3. The van der Waals surface area contributed by atoms with Crippen molar-refractivity contribution in [2.45, 2.75) is 32.5 Å². The van der Waals surface area contributed by atoms with Gasteiger partial charge in [0.05, 0.1) is 0 Å². The van der Waals surface area contributed by atoms with E-state index in [0.717, 1.165) is 12.8 Å². The van der Waals surface area contributed by atoms with Gasteiger partial charge in [-0.25, -0.2) is 24.3 Å². The van der Waals surface area contributed by atoms with E-state index in [-0.39, 0.29) is 37.9 Å². The van der Waals surface area contributed by atoms with Gasteiger partial charge in [-0.15, -0.1) is 12.8 Å². The molecule has 0 nitrogen and oxygen atoms in total. The molecule has 0 aromatic carbocycles. The molecule has 15 heavy (non-hydrogen) atoms. The van der Waals surface area contributed by atoms with E-state index < -0.39 is 0 Å². The van der Waals surface area contributed by atoms with E-state index in [0.29, 0.717) is 0 Å². The van der Waals surface area contributed by atoms with Crippen molar-refractivity contribution >= 4 is 8.80 Å². The van der Waals surface area contributed by atoms with Crippen LogP contribution in [0.2, 0.25) is 19.6 Å². The van der Waals surface area contributed by atoms with E-state index in [4.69, 9.17) is 0 Å². The van der Waals surface area contributed by atoms with Gasteiger partial charge in [-0.05, 0) is 0 Å². The first-order valence-corrected chi connectivity index (χ1v) is 7.93. The Morgan fingerprint density at radius 1 is 0.933 bits per heavy atom. The van der Waals surface area contributed by atoms with Crippen LogP contribution in [0.1, 0.15) is 15.7 Å². The summed E-state index contributed by atoms with van der Waals surface area (Å²) in [6.45, 7) is 6.81. The molecular formula is C13H21SiZr. The van der Waals surface area contributed by atoms with Gasteiger partial charge in [-0.3, -0.25) is 12.2 Å². The van der Waals surface area contributed by atoms with Gasteiger partial charge in [0, 0.05) is 8.80 Å². The van der Waals surface area contributed by atoms with Gasteiger partial charge in [0.2, 0.25) is 0 Å². The Bertz CT molecular complexity index is 189. The Hall–Kier alpha value is 0.0600. The van der Waals surface area contributed by atoms with Gasteiger partial charge in [0.1, 0.15) is 0 Å². The van der Waals surface area contributed by atoms with Crippen LogP contribution in [-0.2, 0) is 26.2 Å². The summed E-state index contributed by atoms with van der Waals surface area (Å²) in [5.74, 6) is 0. The second kappa shape index (κ2) is 14.1. The van der Waals surface area contributed by atoms with E-state index in [2.05, 4.69) is 43.9 Å². The molecule has 0 saturated carbocycles. The summed E-state index contributed by atoms with van der Waals surface area (Å²) in [5, 5.41) is 0. The van der Waals surface area contributed by atoms with Crippen molar-refractivity contribution in [3.63, 3.8) is 0 Å². The third-order valence-electron chi connectivity index (χ3n) is 1.17. The summed E-state index contributed by atoms with van der Waals surface area (Å²) < 4.78 is 0. The average Bonchev–Trinajstić information content (AvgIpc) is 2.83. The summed E-state index contributed by atoms with van der Waals surface area (Å²) in [6.07, 6.45) is 20.0. The number of rotatable bonds is 0. The summed E-state index contributed by atoms with van der Waals surface area (Å²) in [4.78, 5) is 0. The van der Waals surface area contributed by atoms with E-state index in [9.17, 15) is 0 Å². The van der Waals surface area contributed by atoms with Gasteiger partial charge < -0.3 is 2.85 Å². The van der Waals surface area contributed by atoms with Gasteiger partial charge >= 0.3 is 26.2 Å². The Morgan fingerprint density at radius 2 is 1.27 bits per heavy atom. The van der Waals surface area contributed by atoms with Crippen molar-refractivity contribution in [2.24, 2.45) is 0 Å². The Morgan fingerprint density at radius 3 is 1.33 bits per heavy atom. The van der Waals surface area contributed by atoms with E-state index in [1.165, 1.54) is 0 Å². The van der Waals surface area contributed by atoms with Crippen LogP contribution < -0.4 is 0 Å². The number of hydrogen-bond acceptors (Lipinski definition) is 0. The van der Waals surface area contributed by atoms with Crippen LogP contribution in [0.25, 0.3) is 0 Å². The van der Waals surface area contributed by atoms with Crippen LogP contribution in [-0.4, -0.2) is 8.80 Å². The molecule has 0 unspecified atom stereocenters. The third kappa shape index (κ3) is 20.2. The first-order chi connectivity index (χ1) is 6.73. The van der Waals surface area contributed by atoms with E-state index in [1.54, 1.807) is 0 Å². The second-order valence-electron chi connectivity index (χ2n) is 3.51. The molecule has 0 aromatic heterocycles. The first-order valence-electron chi connectivity index (χ1n) is 4.93. The molecule has 81 valence electrons. The minimum atomic E-state index is 0. The molecule has 0 spiro atoms. The van der Waals surface area contributed by atoms with Crippen LogP contribution in [0.15, 0.2) is 36.5 Å². The SMILES string of the molecule is C[Si](C)C.[C-]1=CC=CC1.[C-]1=CC=CC1.[H-].[H-].[Zr+4]. The molecule has 2 heteroatoms. The molecule has 2 aliphatic carbocycles. The first kappa shape index (κ1) is 17.5. The van der Waals surface area contributed by atoms with Gasteiger partial charge in [-0.1, -0.05) is 19.6 Å². The largest absolute Gasteiger partial charge is 4.00 e. The predicted molar refractivity (Wildman–Crippen MR) is 68.7 cm³/mol. The topological polar surface area (TPSA) is 0 Å². The van der Waals surface area contributed by atoms with Crippen LogP contribution in [0.4, 0.5) is 0 Å². The summed E-state index contributed by atoms with van der Waals surface area (Å²) in [6, 6.07) is 0. The summed E-state index contributed by atoms with van der Waals surface area (Å²) in [7, 11) is 0.120. The van der Waals surface area contributed by atoms with Crippen molar-refractivity contribution in [3.8, 4) is 0 Å². The fourth-order valence-electron chi connectivity index (χ4n) is 0.680. The molecule has 2 rings (SSSR count). The maximum Gasteiger partial charge on any atom is 4.00 e. The fourth-order valence-corrected chi connectivity index (χ4v) is 0.680. The second-order valence-corrected chi connectivity index (χ2v) is 6.51. The van der Waals surface area contributed by atoms with Crippen molar-refractivity contribution in [3.05, 3.63) is 48.6 Å². The molecule has 0 bridgehead atoms. The van der Waals surface area contributed by atoms with Crippen LogP contribution >= 0.6 is 0 Å². The molecule has 0 atom stereocenters. The van der Waals surface area contributed by atoms with Crippen molar-refractivity contribution in [1.29, 1.82) is 0 Å². The maximum atomic E-state index is 2.99. The number of hydrogen-bond donors (Lipinski definition) is 0. The maximum absolute atomic E-state index is 2.99. The zero-order chi connectivity index (χ0) is 10.6. The molecule has 0 N–H and O–H groups in total. The molecule has 2 aliphatic rings. The Kier molecular flexibility index (Phi) is 16.4. The zero-order valence-electron chi connectivity index (χ0n) is 11.9. The van der Waals surface area contributed by atoms with Gasteiger partial charge in [0.15, 0.2) is 0 Å². The van der Waals surface area contributed by atoms with Crippen molar-refractivity contribution < 1.29 is 29.1 Å². The average molecular weight is 297 g/mol. The normalized spacial score (nSPS) is 14.1. The predicted octanol–water partition coefficient (Wildman–Crippen LogP) is 4.20. The third-order valence-corrected chi connectivity index (χ3v) is 1.17. The molecule has 0 heterocycles. The Labute approximate surface area is 119 Å². The van der Waals surface area contributed by atoms with Crippen molar-refractivity contribution in [2.75, 3.05) is 0 Å². The molecule has 0 fully saturated rings. The standard InChI is InChI=1S/2C5H5.C3H9Si.Zr.2H/c2*1-2-4-5-3-1;1-4(2)3;;;/h2*1-3H,4H2;1-3H3;;;/q2*-1;;+4;2*-1. The van der Waals surface area contributed by atoms with Crippen LogP contribution in [0, 0.1) is 12.2 Å². The van der Waals surface area contributed by atoms with Crippen LogP contribution in [0.5, 0.6) is 0 Å². The van der Waals surface area contributed by atoms with Crippen molar-refractivity contribution in [1.82, 2.24) is 0 Å². The fraction of sp³-hybridized carbons (Fsp3) is 0.385. The molecule has 1 radical (unpaired) electrons. The van der Waals surface area contributed by atoms with E-state index in [1.807, 2.05) is 24.3 Å². The molecule has 0 aliphatic heterocycles. The van der Waals surface area contributed by atoms with Crippen LogP contribution in [0.3, 0.4) is 0 Å². The Balaban J connectivity index is -0.0000000692. The molecular weight excluding hydrogens is 275 g/mol. The number of allylic oxidation sites excluding steroid dienone is 8. The molecule has 0 aromatic rings.